The zero-order valence-corrected chi connectivity index (χ0v) is 13.2. The first kappa shape index (κ1) is 14.8. The molecule has 5 nitrogen and oxygen atoms in total. The summed E-state index contributed by atoms with van der Waals surface area (Å²) < 4.78 is 0.788. The van der Waals surface area contributed by atoms with Gasteiger partial charge in [0.1, 0.15) is 0 Å². The van der Waals surface area contributed by atoms with E-state index in [-0.39, 0.29) is 5.91 Å². The highest BCUT2D eigenvalue weighted by Crippen LogP contribution is 2.28. The Bertz CT molecular complexity index is 598. The lowest BCUT2D eigenvalue weighted by Gasteiger charge is -2.07. The monoisotopic (exact) mass is 308 g/mol. The van der Waals surface area contributed by atoms with Crippen LogP contribution in [0.4, 0.5) is 10.8 Å². The second-order valence-electron chi connectivity index (χ2n) is 4.39. The zero-order chi connectivity index (χ0) is 14.5. The fraction of sp³-hybridized carbons (Fsp3) is 0.308. The molecule has 1 aromatic carbocycles. The Morgan fingerprint density at radius 3 is 2.80 bits per heavy atom. The molecule has 0 saturated heterocycles. The minimum Gasteiger partial charge on any atom is -0.348 e. The first-order valence-corrected chi connectivity index (χ1v) is 7.85. The second-order valence-corrected chi connectivity index (χ2v) is 6.59. The van der Waals surface area contributed by atoms with Gasteiger partial charge in [0.2, 0.25) is 11.0 Å². The summed E-state index contributed by atoms with van der Waals surface area (Å²) in [5, 5.41) is 12.1. The van der Waals surface area contributed by atoms with Crippen LogP contribution in [-0.2, 0) is 4.79 Å². The minimum absolute atomic E-state index is 0.0682. The van der Waals surface area contributed by atoms with Crippen molar-refractivity contribution in [2.75, 3.05) is 25.2 Å². The lowest BCUT2D eigenvalue weighted by atomic mass is 10.2. The van der Waals surface area contributed by atoms with Crippen LogP contribution in [0.15, 0.2) is 28.6 Å². The first-order valence-electron chi connectivity index (χ1n) is 6.05. The van der Waals surface area contributed by atoms with Gasteiger partial charge in [-0.2, -0.15) is 0 Å². The third-order valence-electron chi connectivity index (χ3n) is 2.61. The highest BCUT2D eigenvalue weighted by Gasteiger charge is 2.09. The van der Waals surface area contributed by atoms with Crippen molar-refractivity contribution in [2.24, 2.45) is 0 Å². The van der Waals surface area contributed by atoms with E-state index in [1.807, 2.05) is 31.2 Å². The summed E-state index contributed by atoms with van der Waals surface area (Å²) in [6.45, 7) is 2.04. The Morgan fingerprint density at radius 1 is 1.35 bits per heavy atom. The third-order valence-corrected chi connectivity index (χ3v) is 4.57. The average Bonchev–Trinajstić information content (AvgIpc) is 2.86. The molecule has 106 valence electrons. The summed E-state index contributed by atoms with van der Waals surface area (Å²) >= 11 is 2.86. The van der Waals surface area contributed by atoms with Crippen LogP contribution >= 0.6 is 23.1 Å². The molecule has 1 heterocycles. The quantitative estimate of drug-likeness (QED) is 0.861. The van der Waals surface area contributed by atoms with Crippen molar-refractivity contribution in [3.63, 3.8) is 0 Å². The summed E-state index contributed by atoms with van der Waals surface area (Å²) in [5.41, 5.74) is 2.17. The number of hydrogen-bond acceptors (Lipinski definition) is 6. The summed E-state index contributed by atoms with van der Waals surface area (Å²) in [4.78, 5) is 13.1. The predicted octanol–water partition coefficient (Wildman–Crippen LogP) is 2.77. The number of nitrogens with zero attached hydrogens (tertiary/aromatic N) is 3. The van der Waals surface area contributed by atoms with Crippen molar-refractivity contribution in [3.8, 4) is 0 Å². The van der Waals surface area contributed by atoms with Crippen molar-refractivity contribution in [1.82, 2.24) is 15.1 Å². The van der Waals surface area contributed by atoms with Gasteiger partial charge in [-0.1, -0.05) is 41.3 Å². The highest BCUT2D eigenvalue weighted by molar-refractivity contribution is 8.01. The molecule has 7 heteroatoms. The number of anilines is 2. The molecule has 0 saturated carbocycles. The van der Waals surface area contributed by atoms with Gasteiger partial charge in [-0.15, -0.1) is 10.2 Å². The van der Waals surface area contributed by atoms with Gasteiger partial charge in [-0.25, -0.2) is 0 Å². The van der Waals surface area contributed by atoms with Crippen LogP contribution in [0.25, 0.3) is 0 Å². The number of hydrogen-bond donors (Lipinski definition) is 1. The topological polar surface area (TPSA) is 58.1 Å². The molecule has 2 aromatic rings. The first-order chi connectivity index (χ1) is 9.56. The van der Waals surface area contributed by atoms with Crippen molar-refractivity contribution in [2.45, 2.75) is 11.3 Å². The van der Waals surface area contributed by atoms with Crippen molar-refractivity contribution in [1.29, 1.82) is 0 Å². The normalized spacial score (nSPS) is 10.3. The molecular weight excluding hydrogens is 292 g/mol. The largest absolute Gasteiger partial charge is 0.348 e. The van der Waals surface area contributed by atoms with Crippen LogP contribution < -0.4 is 5.32 Å². The molecule has 0 aliphatic carbocycles. The summed E-state index contributed by atoms with van der Waals surface area (Å²) in [6, 6.07) is 8.00. The maximum atomic E-state index is 11.5. The summed E-state index contributed by atoms with van der Waals surface area (Å²) in [7, 11) is 3.49. The molecule has 0 bridgehead atoms. The number of aromatic nitrogens is 2. The SMILES string of the molecule is Cc1ccccc1Nc1nnc(SCC(=O)N(C)C)s1. The number of aryl methyl sites for hydroxylation is 1. The molecule has 0 spiro atoms. The van der Waals surface area contributed by atoms with Gasteiger partial charge in [0.15, 0.2) is 4.34 Å². The minimum atomic E-state index is 0.0682. The van der Waals surface area contributed by atoms with Crippen LogP contribution in [0, 0.1) is 6.92 Å². The van der Waals surface area contributed by atoms with Gasteiger partial charge in [0.05, 0.1) is 5.75 Å². The molecule has 0 aliphatic rings. The molecule has 0 unspecified atom stereocenters. The van der Waals surface area contributed by atoms with Crippen molar-refractivity contribution in [3.05, 3.63) is 29.8 Å². The fourth-order valence-electron chi connectivity index (χ4n) is 1.40. The maximum absolute atomic E-state index is 11.5. The van der Waals surface area contributed by atoms with Crippen LogP contribution in [-0.4, -0.2) is 40.9 Å². The number of rotatable bonds is 5. The average molecular weight is 308 g/mol. The standard InChI is InChI=1S/C13H16N4OS2/c1-9-6-4-5-7-10(9)14-12-15-16-13(20-12)19-8-11(18)17(2)3/h4-7H,8H2,1-3H3,(H,14,15). The Labute approximate surface area is 126 Å². The molecule has 0 aliphatic heterocycles. The number of benzene rings is 1. The van der Waals surface area contributed by atoms with E-state index >= 15 is 0 Å². The van der Waals surface area contributed by atoms with Crippen LogP contribution in [0.1, 0.15) is 5.56 Å². The Kier molecular flexibility index (Phi) is 4.97. The molecule has 0 radical (unpaired) electrons. The van der Waals surface area contributed by atoms with Gasteiger partial charge in [-0.3, -0.25) is 4.79 Å². The highest BCUT2D eigenvalue weighted by atomic mass is 32.2. The van der Waals surface area contributed by atoms with Gasteiger partial charge >= 0.3 is 0 Å². The molecular formula is C13H16N4OS2. The number of carbonyl (C=O) groups excluding carboxylic acids is 1. The fourth-order valence-corrected chi connectivity index (χ4v) is 3.14. The lowest BCUT2D eigenvalue weighted by Crippen LogP contribution is -2.23. The Morgan fingerprint density at radius 2 is 2.10 bits per heavy atom. The van der Waals surface area contributed by atoms with E-state index in [1.165, 1.54) is 23.1 Å². The van der Waals surface area contributed by atoms with Crippen molar-refractivity contribution < 1.29 is 4.79 Å². The maximum Gasteiger partial charge on any atom is 0.232 e. The number of para-hydroxylation sites is 1. The summed E-state index contributed by atoms with van der Waals surface area (Å²) in [5.74, 6) is 0.449. The van der Waals surface area contributed by atoms with E-state index in [4.69, 9.17) is 0 Å². The van der Waals surface area contributed by atoms with Gasteiger partial charge < -0.3 is 10.2 Å². The van der Waals surface area contributed by atoms with Crippen molar-refractivity contribution >= 4 is 39.8 Å². The third kappa shape index (κ3) is 3.94. The van der Waals surface area contributed by atoms with E-state index in [0.717, 1.165) is 20.7 Å². The molecule has 1 amide bonds. The van der Waals surface area contributed by atoms with E-state index in [1.54, 1.807) is 19.0 Å². The van der Waals surface area contributed by atoms with Gasteiger partial charge in [-0.05, 0) is 18.6 Å². The number of amides is 1. The molecule has 2 rings (SSSR count). The number of thioether (sulfide) groups is 1. The van der Waals surface area contributed by atoms with E-state index < -0.39 is 0 Å². The molecule has 20 heavy (non-hydrogen) atoms. The Balaban J connectivity index is 1.96. The zero-order valence-electron chi connectivity index (χ0n) is 11.6. The predicted molar refractivity (Wildman–Crippen MR) is 83.8 cm³/mol. The Hall–Kier alpha value is -1.60. The van der Waals surface area contributed by atoms with E-state index in [2.05, 4.69) is 15.5 Å². The number of nitrogens with one attached hydrogen (secondary N) is 1. The smallest absolute Gasteiger partial charge is 0.232 e. The second kappa shape index (κ2) is 6.71. The number of carbonyl (C=O) groups is 1. The lowest BCUT2D eigenvalue weighted by molar-refractivity contribution is -0.125. The van der Waals surface area contributed by atoms with Gasteiger partial charge in [0, 0.05) is 19.8 Å². The molecule has 1 aromatic heterocycles. The molecule has 1 N–H and O–H groups in total. The molecule has 0 atom stereocenters. The van der Waals surface area contributed by atoms with Crippen LogP contribution in [0.3, 0.4) is 0 Å². The van der Waals surface area contributed by atoms with Crippen LogP contribution in [0.5, 0.6) is 0 Å². The van der Waals surface area contributed by atoms with E-state index in [0.29, 0.717) is 5.75 Å². The molecule has 0 fully saturated rings. The van der Waals surface area contributed by atoms with E-state index in [9.17, 15) is 4.79 Å². The van der Waals surface area contributed by atoms with Gasteiger partial charge in [0.25, 0.3) is 0 Å². The van der Waals surface area contributed by atoms with Crippen LogP contribution in [0.2, 0.25) is 0 Å². The summed E-state index contributed by atoms with van der Waals surface area (Å²) in [6.07, 6.45) is 0.